The summed E-state index contributed by atoms with van der Waals surface area (Å²) in [7, 11) is 0. The van der Waals surface area contributed by atoms with Gasteiger partial charge in [-0.15, -0.1) is 0 Å². The lowest BCUT2D eigenvalue weighted by Gasteiger charge is -2.07. The molecule has 1 amide bonds. The first-order chi connectivity index (χ1) is 8.58. The van der Waals surface area contributed by atoms with Crippen LogP contribution in [0.2, 0.25) is 10.2 Å². The van der Waals surface area contributed by atoms with Gasteiger partial charge < -0.3 is 5.32 Å². The van der Waals surface area contributed by atoms with Gasteiger partial charge in [0, 0.05) is 11.8 Å². The molecule has 0 spiro atoms. The summed E-state index contributed by atoms with van der Waals surface area (Å²) in [5, 5.41) is 2.54. The Morgan fingerprint density at radius 1 is 1.28 bits per heavy atom. The number of carbonyl (C=O) groups excluding carboxylic acids is 1. The van der Waals surface area contributed by atoms with Crippen molar-refractivity contribution < 1.29 is 9.18 Å². The molecule has 0 saturated carbocycles. The highest BCUT2D eigenvalue weighted by Crippen LogP contribution is 2.22. The maximum Gasteiger partial charge on any atom is 0.255 e. The normalized spacial score (nSPS) is 10.2. The van der Waals surface area contributed by atoms with E-state index in [0.29, 0.717) is 0 Å². The molecular formula is C12H7Cl2FN2O. The zero-order valence-electron chi connectivity index (χ0n) is 8.95. The number of aromatic nitrogens is 1. The molecule has 0 aliphatic carbocycles. The topological polar surface area (TPSA) is 42.0 Å². The van der Waals surface area contributed by atoms with Crippen LogP contribution in [0.4, 0.5) is 10.1 Å². The highest BCUT2D eigenvalue weighted by Gasteiger charge is 2.11. The number of carbonyl (C=O) groups is 1. The Labute approximate surface area is 113 Å². The van der Waals surface area contributed by atoms with Gasteiger partial charge in [-0.3, -0.25) is 4.79 Å². The average molecular weight is 285 g/mol. The number of halogens is 3. The van der Waals surface area contributed by atoms with Gasteiger partial charge in [0.05, 0.1) is 10.7 Å². The first-order valence-electron chi connectivity index (χ1n) is 4.95. The van der Waals surface area contributed by atoms with Crippen molar-refractivity contribution >= 4 is 34.8 Å². The number of pyridine rings is 1. The minimum Gasteiger partial charge on any atom is -0.319 e. The molecule has 18 heavy (non-hydrogen) atoms. The second kappa shape index (κ2) is 5.33. The minimum atomic E-state index is -0.673. The number of benzene rings is 1. The molecule has 0 aliphatic rings. The summed E-state index contributed by atoms with van der Waals surface area (Å²) in [6.45, 7) is 0. The fraction of sp³-hybridized carbons (Fsp3) is 0. The summed E-state index contributed by atoms with van der Waals surface area (Å²) in [4.78, 5) is 15.6. The number of anilines is 1. The summed E-state index contributed by atoms with van der Waals surface area (Å²) in [6, 6.07) is 7.22. The number of nitrogens with one attached hydrogen (secondary N) is 1. The smallest absolute Gasteiger partial charge is 0.255 e. The lowest BCUT2D eigenvalue weighted by atomic mass is 10.2. The van der Waals surface area contributed by atoms with Crippen LogP contribution in [0.5, 0.6) is 0 Å². The van der Waals surface area contributed by atoms with E-state index in [1.807, 2.05) is 0 Å². The summed E-state index contributed by atoms with van der Waals surface area (Å²) in [5.74, 6) is -1.16. The molecule has 0 aliphatic heterocycles. The van der Waals surface area contributed by atoms with Crippen LogP contribution in [-0.2, 0) is 0 Å². The molecule has 1 N–H and O–H groups in total. The summed E-state index contributed by atoms with van der Waals surface area (Å²) < 4.78 is 13.6. The molecule has 0 radical (unpaired) electrons. The highest BCUT2D eigenvalue weighted by atomic mass is 35.5. The van der Waals surface area contributed by atoms with Crippen molar-refractivity contribution in [1.82, 2.24) is 4.98 Å². The predicted molar refractivity (Wildman–Crippen MR) is 68.6 cm³/mol. The van der Waals surface area contributed by atoms with Crippen LogP contribution in [0.25, 0.3) is 0 Å². The second-order valence-electron chi connectivity index (χ2n) is 3.42. The van der Waals surface area contributed by atoms with Crippen LogP contribution in [0.15, 0.2) is 36.5 Å². The predicted octanol–water partition coefficient (Wildman–Crippen LogP) is 3.78. The van der Waals surface area contributed by atoms with Gasteiger partial charge in [0.25, 0.3) is 5.91 Å². The summed E-state index contributed by atoms with van der Waals surface area (Å²) >= 11 is 11.3. The van der Waals surface area contributed by atoms with E-state index in [2.05, 4.69) is 10.3 Å². The Balaban J connectivity index is 2.24. The molecule has 1 heterocycles. The van der Waals surface area contributed by atoms with Crippen LogP contribution < -0.4 is 5.32 Å². The third-order valence-corrected chi connectivity index (χ3v) is 2.69. The standard InChI is InChI=1S/C12H7Cl2FN2O/c13-8-2-1-3-9(11(8)15)17-12(18)7-4-5-16-10(14)6-7/h1-6H,(H,17,18). The van der Waals surface area contributed by atoms with Crippen LogP contribution in [0, 0.1) is 5.82 Å². The molecule has 0 atom stereocenters. The van der Waals surface area contributed by atoms with E-state index in [0.717, 1.165) is 0 Å². The summed E-state index contributed by atoms with van der Waals surface area (Å²) in [6.07, 6.45) is 1.39. The van der Waals surface area contributed by atoms with Gasteiger partial charge in [0.15, 0.2) is 5.82 Å². The molecule has 0 fully saturated rings. The third kappa shape index (κ3) is 2.78. The molecule has 0 saturated heterocycles. The van der Waals surface area contributed by atoms with Crippen molar-refractivity contribution in [3.8, 4) is 0 Å². The molecule has 2 aromatic rings. The van der Waals surface area contributed by atoms with Gasteiger partial charge in [-0.25, -0.2) is 9.37 Å². The van der Waals surface area contributed by atoms with E-state index in [1.165, 1.54) is 30.5 Å². The molecule has 2 rings (SSSR count). The Bertz CT molecular complexity index is 604. The van der Waals surface area contributed by atoms with Gasteiger partial charge in [0.2, 0.25) is 0 Å². The lowest BCUT2D eigenvalue weighted by Crippen LogP contribution is -2.13. The number of nitrogens with zero attached hydrogens (tertiary/aromatic N) is 1. The van der Waals surface area contributed by atoms with Gasteiger partial charge in [-0.1, -0.05) is 29.3 Å². The number of amides is 1. The number of hydrogen-bond donors (Lipinski definition) is 1. The van der Waals surface area contributed by atoms with Crippen molar-refractivity contribution in [1.29, 1.82) is 0 Å². The SMILES string of the molecule is O=C(Nc1cccc(Cl)c1F)c1ccnc(Cl)c1. The van der Waals surface area contributed by atoms with E-state index < -0.39 is 11.7 Å². The van der Waals surface area contributed by atoms with Crippen LogP contribution in [-0.4, -0.2) is 10.9 Å². The molecular weight excluding hydrogens is 278 g/mol. The molecule has 1 aromatic heterocycles. The van der Waals surface area contributed by atoms with E-state index in [9.17, 15) is 9.18 Å². The molecule has 1 aromatic carbocycles. The minimum absolute atomic E-state index is 0.0143. The Kier molecular flexibility index (Phi) is 3.79. The van der Waals surface area contributed by atoms with E-state index in [-0.39, 0.29) is 21.4 Å². The largest absolute Gasteiger partial charge is 0.319 e. The van der Waals surface area contributed by atoms with Gasteiger partial charge in [-0.2, -0.15) is 0 Å². The fourth-order valence-corrected chi connectivity index (χ4v) is 1.69. The van der Waals surface area contributed by atoms with Gasteiger partial charge >= 0.3 is 0 Å². The maximum atomic E-state index is 13.6. The molecule has 0 unspecified atom stereocenters. The zero-order valence-corrected chi connectivity index (χ0v) is 10.5. The average Bonchev–Trinajstić information content (AvgIpc) is 2.35. The van der Waals surface area contributed by atoms with Crippen molar-refractivity contribution in [3.63, 3.8) is 0 Å². The Morgan fingerprint density at radius 3 is 2.78 bits per heavy atom. The first-order valence-corrected chi connectivity index (χ1v) is 5.70. The van der Waals surface area contributed by atoms with E-state index in [1.54, 1.807) is 6.07 Å². The number of rotatable bonds is 2. The Hall–Kier alpha value is -1.65. The summed E-state index contributed by atoms with van der Waals surface area (Å²) in [5.41, 5.74) is 0.301. The monoisotopic (exact) mass is 284 g/mol. The Morgan fingerprint density at radius 2 is 2.06 bits per heavy atom. The van der Waals surface area contributed by atoms with E-state index >= 15 is 0 Å². The third-order valence-electron chi connectivity index (χ3n) is 2.19. The van der Waals surface area contributed by atoms with Crippen LogP contribution >= 0.6 is 23.2 Å². The van der Waals surface area contributed by atoms with Crippen LogP contribution in [0.1, 0.15) is 10.4 Å². The maximum absolute atomic E-state index is 13.6. The highest BCUT2D eigenvalue weighted by molar-refractivity contribution is 6.31. The number of hydrogen-bond acceptors (Lipinski definition) is 2. The molecule has 6 heteroatoms. The lowest BCUT2D eigenvalue weighted by molar-refractivity contribution is 0.102. The quantitative estimate of drug-likeness (QED) is 0.853. The van der Waals surface area contributed by atoms with Crippen molar-refractivity contribution in [3.05, 3.63) is 58.1 Å². The van der Waals surface area contributed by atoms with Gasteiger partial charge in [-0.05, 0) is 24.3 Å². The van der Waals surface area contributed by atoms with Crippen LogP contribution in [0.3, 0.4) is 0 Å². The van der Waals surface area contributed by atoms with E-state index in [4.69, 9.17) is 23.2 Å². The molecule has 3 nitrogen and oxygen atoms in total. The zero-order chi connectivity index (χ0) is 13.1. The first kappa shape index (κ1) is 12.8. The van der Waals surface area contributed by atoms with Crippen molar-refractivity contribution in [2.75, 3.05) is 5.32 Å². The molecule has 92 valence electrons. The second-order valence-corrected chi connectivity index (χ2v) is 4.22. The van der Waals surface area contributed by atoms with Gasteiger partial charge in [0.1, 0.15) is 5.15 Å². The van der Waals surface area contributed by atoms with Crippen molar-refractivity contribution in [2.24, 2.45) is 0 Å². The molecule has 0 bridgehead atoms. The van der Waals surface area contributed by atoms with Crippen molar-refractivity contribution in [2.45, 2.75) is 0 Å². The fourth-order valence-electron chi connectivity index (χ4n) is 1.34.